The van der Waals surface area contributed by atoms with Crippen molar-refractivity contribution < 1.29 is 17.1 Å². The van der Waals surface area contributed by atoms with Gasteiger partial charge in [-0.05, 0) is 0 Å². The molecule has 0 bridgehead atoms. The Morgan fingerprint density at radius 1 is 0.923 bits per heavy atom. The van der Waals surface area contributed by atoms with Crippen LogP contribution in [-0.2, 0) is 17.1 Å². The smallest absolute Gasteiger partial charge is 0 e. The van der Waals surface area contributed by atoms with Crippen LogP contribution in [0.2, 0.25) is 0 Å². The van der Waals surface area contributed by atoms with Gasteiger partial charge >= 0.3 is 0 Å². The van der Waals surface area contributed by atoms with E-state index in [4.69, 9.17) is 0 Å². The maximum absolute atomic E-state index is 4.04. The van der Waals surface area contributed by atoms with Gasteiger partial charge in [-0.15, -0.1) is 4.90 Å². The van der Waals surface area contributed by atoms with Crippen LogP contribution in [0.5, 0.6) is 0 Å². The molecule has 13 heavy (non-hydrogen) atoms. The van der Waals surface area contributed by atoms with Crippen molar-refractivity contribution in [1.82, 2.24) is 0 Å². The van der Waals surface area contributed by atoms with E-state index in [1.54, 1.807) is 0 Å². The van der Waals surface area contributed by atoms with Gasteiger partial charge in [0.2, 0.25) is 0 Å². The largest absolute Gasteiger partial charge is 0.747 e. The second kappa shape index (κ2) is 7.34. The van der Waals surface area contributed by atoms with E-state index in [0.29, 0.717) is 0 Å². The van der Waals surface area contributed by atoms with Crippen LogP contribution < -0.4 is 0 Å². The summed E-state index contributed by atoms with van der Waals surface area (Å²) in [5.41, 5.74) is 0. The summed E-state index contributed by atoms with van der Waals surface area (Å²) in [6.07, 6.45) is 0. The zero-order valence-corrected chi connectivity index (χ0v) is 9.76. The zero-order chi connectivity index (χ0) is 8.81. The van der Waals surface area contributed by atoms with Gasteiger partial charge in [-0.25, -0.2) is 24.8 Å². The van der Waals surface area contributed by atoms with Gasteiger partial charge in [-0.1, -0.05) is 0 Å². The molecular weight excluding hydrogens is 240 g/mol. The molecule has 76 valence electrons. The maximum atomic E-state index is 4.04. The van der Waals surface area contributed by atoms with Crippen molar-refractivity contribution in [2.24, 2.45) is 0 Å². The Labute approximate surface area is 100 Å². The maximum Gasteiger partial charge on any atom is 0 e. The Morgan fingerprint density at radius 3 is 1.54 bits per heavy atom. The molecule has 0 unspecified atom stereocenters. The average molecular weight is 250 g/mol. The molecule has 2 rings (SSSR count). The summed E-state index contributed by atoms with van der Waals surface area (Å²) in [6, 6.07) is 15.6. The first-order valence-electron chi connectivity index (χ1n) is 3.60. The molecule has 0 nitrogen and oxygen atoms in total. The predicted octanol–water partition coefficient (Wildman–Crippen LogP) is 3.39. The Bertz CT molecular complexity index is 252. The molecule has 3 heteroatoms. The van der Waals surface area contributed by atoms with Crippen LogP contribution in [0.4, 0.5) is 0 Å². The molecule has 0 aliphatic carbocycles. The normalized spacial score (nSPS) is 8.15. The van der Waals surface area contributed by atoms with Crippen LogP contribution in [0.3, 0.4) is 0 Å². The molecule has 2 aromatic rings. The SMILES string of the molecule is S[c-]1[cH-][cH-][cH-][cH-]1.S[c-]1cccc1.[Fe]. The molecule has 0 N–H and O–H groups in total. The summed E-state index contributed by atoms with van der Waals surface area (Å²) < 4.78 is 0. The van der Waals surface area contributed by atoms with Gasteiger partial charge in [0.05, 0.1) is 0 Å². The van der Waals surface area contributed by atoms with Gasteiger partial charge < -0.3 is 41.8 Å². The van der Waals surface area contributed by atoms with Crippen LogP contribution in [0.1, 0.15) is 0 Å². The fraction of sp³-hybridized carbons (Fsp3) is 0. The van der Waals surface area contributed by atoms with Crippen LogP contribution in [-0.4, -0.2) is 0 Å². The van der Waals surface area contributed by atoms with Crippen LogP contribution in [0.15, 0.2) is 58.3 Å². The second-order valence-electron chi connectivity index (χ2n) is 2.29. The molecule has 0 saturated heterocycles. The van der Waals surface area contributed by atoms with E-state index < -0.39 is 0 Å². The molecule has 0 spiro atoms. The molecule has 0 aliphatic heterocycles. The van der Waals surface area contributed by atoms with Gasteiger partial charge in [0.25, 0.3) is 0 Å². The summed E-state index contributed by atoms with van der Waals surface area (Å²) in [6.45, 7) is 0. The third kappa shape index (κ3) is 6.05. The van der Waals surface area contributed by atoms with E-state index in [-0.39, 0.29) is 17.1 Å². The first kappa shape index (κ1) is 12.9. The fourth-order valence-electron chi connectivity index (χ4n) is 0.728. The van der Waals surface area contributed by atoms with E-state index in [1.807, 2.05) is 48.5 Å². The summed E-state index contributed by atoms with van der Waals surface area (Å²) in [4.78, 5) is 2.07. The van der Waals surface area contributed by atoms with Gasteiger partial charge in [-0.3, -0.25) is 0 Å². The van der Waals surface area contributed by atoms with E-state index in [2.05, 4.69) is 25.3 Å². The quantitative estimate of drug-likeness (QED) is 0.399. The molecule has 0 heterocycles. The second-order valence-corrected chi connectivity index (χ2v) is 3.32. The summed E-state index contributed by atoms with van der Waals surface area (Å²) in [5, 5.41) is 0. The molecule has 0 aromatic heterocycles. The summed E-state index contributed by atoms with van der Waals surface area (Å²) in [7, 11) is 0. The summed E-state index contributed by atoms with van der Waals surface area (Å²) >= 11 is 8.07. The molecule has 0 fully saturated rings. The first-order valence-corrected chi connectivity index (χ1v) is 4.50. The number of hydrogen-bond acceptors (Lipinski definition) is 2. The standard InChI is InChI=1S/2C5H5S.Fe/c2*6-5-3-1-2-4-5;/h2*1-4,6H;/q-5;-1;. The van der Waals surface area contributed by atoms with Gasteiger partial charge in [0.1, 0.15) is 0 Å². The molecule has 0 saturated carbocycles. The third-order valence-corrected chi connectivity index (χ3v) is 1.89. The van der Waals surface area contributed by atoms with Gasteiger partial charge in [0, 0.05) is 17.1 Å². The van der Waals surface area contributed by atoms with E-state index in [0.717, 1.165) is 9.79 Å². The van der Waals surface area contributed by atoms with Crippen molar-refractivity contribution in [2.75, 3.05) is 0 Å². The Kier molecular flexibility index (Phi) is 7.29. The van der Waals surface area contributed by atoms with Crippen molar-refractivity contribution in [3.63, 3.8) is 0 Å². The monoisotopic (exact) mass is 250 g/mol. The van der Waals surface area contributed by atoms with Crippen LogP contribution in [0.25, 0.3) is 0 Å². The minimum absolute atomic E-state index is 0. The first-order chi connectivity index (χ1) is 5.79. The van der Waals surface area contributed by atoms with Crippen molar-refractivity contribution in [2.45, 2.75) is 9.79 Å². The molecular formula is C10H10FeS2-6. The predicted molar refractivity (Wildman–Crippen MR) is 58.6 cm³/mol. The van der Waals surface area contributed by atoms with Gasteiger partial charge in [0.15, 0.2) is 0 Å². The Balaban J connectivity index is 0.000000206. The van der Waals surface area contributed by atoms with Crippen molar-refractivity contribution >= 4 is 25.3 Å². The van der Waals surface area contributed by atoms with E-state index in [1.165, 1.54) is 0 Å². The minimum Gasteiger partial charge on any atom is -0.747 e. The van der Waals surface area contributed by atoms with E-state index in [9.17, 15) is 0 Å². The Hall–Kier alpha value is -0.0805. The third-order valence-electron chi connectivity index (χ3n) is 1.29. The molecule has 0 atom stereocenters. The minimum atomic E-state index is 0. The average Bonchev–Trinajstić information content (AvgIpc) is 2.63. The number of thiol groups is 2. The fourth-order valence-corrected chi connectivity index (χ4v) is 1.07. The van der Waals surface area contributed by atoms with Crippen molar-refractivity contribution in [3.05, 3.63) is 48.5 Å². The molecule has 0 radical (unpaired) electrons. The van der Waals surface area contributed by atoms with E-state index >= 15 is 0 Å². The summed E-state index contributed by atoms with van der Waals surface area (Å²) in [5.74, 6) is 0. The Morgan fingerprint density at radius 2 is 1.38 bits per heavy atom. The topological polar surface area (TPSA) is 0 Å². The zero-order valence-electron chi connectivity index (χ0n) is 6.87. The molecule has 0 amide bonds. The van der Waals surface area contributed by atoms with Crippen molar-refractivity contribution in [1.29, 1.82) is 0 Å². The number of hydrogen-bond donors (Lipinski definition) is 2. The molecule has 2 aromatic carbocycles. The van der Waals surface area contributed by atoms with Crippen molar-refractivity contribution in [3.8, 4) is 0 Å². The molecule has 0 aliphatic rings. The van der Waals surface area contributed by atoms with Gasteiger partial charge in [-0.2, -0.15) is 12.1 Å². The van der Waals surface area contributed by atoms with Crippen LogP contribution in [0, 0.1) is 0 Å². The van der Waals surface area contributed by atoms with Crippen LogP contribution >= 0.6 is 25.3 Å². The number of rotatable bonds is 0.